The Bertz CT molecular complexity index is 368. The zero-order valence-corrected chi connectivity index (χ0v) is 10.9. The number of halogens is 1. The van der Waals surface area contributed by atoms with Crippen LogP contribution in [0.15, 0.2) is 24.3 Å². The third-order valence-corrected chi connectivity index (χ3v) is 3.02. The molecule has 1 saturated heterocycles. The second-order valence-electron chi connectivity index (χ2n) is 5.05. The van der Waals surface area contributed by atoms with E-state index < -0.39 is 5.79 Å². The van der Waals surface area contributed by atoms with Crippen LogP contribution in [0.1, 0.15) is 19.4 Å². The summed E-state index contributed by atoms with van der Waals surface area (Å²) < 4.78 is 23.8. The zero-order valence-electron chi connectivity index (χ0n) is 10.9. The Kier molecular flexibility index (Phi) is 4.32. The van der Waals surface area contributed by atoms with Gasteiger partial charge in [0.05, 0.1) is 19.3 Å². The number of hydrogen-bond acceptors (Lipinski definition) is 3. The quantitative estimate of drug-likeness (QED) is 0.891. The van der Waals surface area contributed by atoms with Gasteiger partial charge in [-0.3, -0.25) is 0 Å². The Morgan fingerprint density at radius 1 is 1.22 bits per heavy atom. The van der Waals surface area contributed by atoms with Crippen molar-refractivity contribution in [2.24, 2.45) is 0 Å². The average molecular weight is 253 g/mol. The topological polar surface area (TPSA) is 30.5 Å². The fraction of sp³-hybridized carbons (Fsp3) is 0.571. The highest BCUT2D eigenvalue weighted by atomic mass is 19.1. The minimum atomic E-state index is -0.463. The molecule has 0 spiro atoms. The molecule has 3 nitrogen and oxygen atoms in total. The monoisotopic (exact) mass is 253 g/mol. The molecule has 0 radical (unpaired) electrons. The first-order valence-corrected chi connectivity index (χ1v) is 6.31. The van der Waals surface area contributed by atoms with Gasteiger partial charge in [-0.25, -0.2) is 4.39 Å². The molecule has 0 unspecified atom stereocenters. The van der Waals surface area contributed by atoms with E-state index in [0.717, 1.165) is 18.5 Å². The lowest BCUT2D eigenvalue weighted by Crippen LogP contribution is -2.48. The van der Waals surface area contributed by atoms with Crippen molar-refractivity contribution < 1.29 is 13.9 Å². The van der Waals surface area contributed by atoms with Crippen molar-refractivity contribution in [1.82, 2.24) is 5.32 Å². The van der Waals surface area contributed by atoms with Crippen LogP contribution in [-0.2, 0) is 15.9 Å². The Morgan fingerprint density at radius 3 is 2.44 bits per heavy atom. The third-order valence-electron chi connectivity index (χ3n) is 3.02. The van der Waals surface area contributed by atoms with E-state index in [0.29, 0.717) is 13.2 Å². The summed E-state index contributed by atoms with van der Waals surface area (Å²) in [5, 5.41) is 3.38. The highest BCUT2D eigenvalue weighted by Crippen LogP contribution is 2.16. The van der Waals surface area contributed by atoms with Crippen molar-refractivity contribution in [2.45, 2.75) is 32.1 Å². The van der Waals surface area contributed by atoms with Crippen LogP contribution >= 0.6 is 0 Å². The summed E-state index contributed by atoms with van der Waals surface area (Å²) in [7, 11) is 0. The third kappa shape index (κ3) is 4.05. The van der Waals surface area contributed by atoms with E-state index in [1.54, 1.807) is 0 Å². The summed E-state index contributed by atoms with van der Waals surface area (Å²) in [6, 6.07) is 6.84. The fourth-order valence-corrected chi connectivity index (χ4v) is 1.88. The SMILES string of the molecule is CC1(C)OCC(NCCc2ccc(F)cc2)CO1. The summed E-state index contributed by atoms with van der Waals surface area (Å²) in [6.07, 6.45) is 0.875. The zero-order chi connectivity index (χ0) is 13.0. The summed E-state index contributed by atoms with van der Waals surface area (Å²) >= 11 is 0. The molecule has 0 atom stereocenters. The maximum absolute atomic E-state index is 12.7. The van der Waals surface area contributed by atoms with Crippen molar-refractivity contribution in [3.8, 4) is 0 Å². The predicted molar refractivity (Wildman–Crippen MR) is 67.9 cm³/mol. The standard InChI is InChI=1S/C14H20FNO2/c1-14(2)17-9-13(10-18-14)16-8-7-11-3-5-12(15)6-4-11/h3-6,13,16H,7-10H2,1-2H3. The Morgan fingerprint density at radius 2 is 1.83 bits per heavy atom. The largest absolute Gasteiger partial charge is 0.349 e. The van der Waals surface area contributed by atoms with Crippen molar-refractivity contribution in [3.63, 3.8) is 0 Å². The number of hydrogen-bond donors (Lipinski definition) is 1. The summed E-state index contributed by atoms with van der Waals surface area (Å²) in [6.45, 7) is 6.00. The van der Waals surface area contributed by atoms with E-state index in [2.05, 4.69) is 5.32 Å². The van der Waals surface area contributed by atoms with Crippen LogP contribution < -0.4 is 5.32 Å². The molecule has 0 aromatic heterocycles. The van der Waals surface area contributed by atoms with Crippen molar-refractivity contribution in [3.05, 3.63) is 35.6 Å². The van der Waals surface area contributed by atoms with Crippen LogP contribution in [0, 0.1) is 5.82 Å². The van der Waals surface area contributed by atoms with E-state index >= 15 is 0 Å². The van der Waals surface area contributed by atoms with E-state index in [1.165, 1.54) is 12.1 Å². The molecule has 2 rings (SSSR count). The second-order valence-corrected chi connectivity index (χ2v) is 5.05. The predicted octanol–water partition coefficient (Wildman–Crippen LogP) is 2.11. The maximum Gasteiger partial charge on any atom is 0.162 e. The molecule has 1 N–H and O–H groups in total. The number of rotatable bonds is 4. The molecule has 0 aliphatic carbocycles. The van der Waals surface area contributed by atoms with Gasteiger partial charge in [0.2, 0.25) is 0 Å². The molecule has 0 saturated carbocycles. The highest BCUT2D eigenvalue weighted by Gasteiger charge is 2.27. The normalized spacial score (nSPS) is 19.9. The number of benzene rings is 1. The molecule has 100 valence electrons. The second kappa shape index (κ2) is 5.78. The average Bonchev–Trinajstić information content (AvgIpc) is 2.34. The van der Waals surface area contributed by atoms with Crippen molar-refractivity contribution in [2.75, 3.05) is 19.8 Å². The van der Waals surface area contributed by atoms with Gasteiger partial charge in [-0.1, -0.05) is 12.1 Å². The van der Waals surface area contributed by atoms with E-state index in [9.17, 15) is 4.39 Å². The first-order valence-electron chi connectivity index (χ1n) is 6.31. The molecular formula is C14H20FNO2. The molecule has 1 aliphatic rings. The van der Waals surface area contributed by atoms with Crippen LogP contribution in [0.3, 0.4) is 0 Å². The molecule has 4 heteroatoms. The van der Waals surface area contributed by atoms with E-state index in [4.69, 9.17) is 9.47 Å². The van der Waals surface area contributed by atoms with Gasteiger partial charge < -0.3 is 14.8 Å². The molecule has 1 fully saturated rings. The molecule has 1 aromatic rings. The smallest absolute Gasteiger partial charge is 0.162 e. The van der Waals surface area contributed by atoms with Gasteiger partial charge in [-0.2, -0.15) is 0 Å². The van der Waals surface area contributed by atoms with E-state index in [-0.39, 0.29) is 11.9 Å². The Labute approximate surface area is 107 Å². The van der Waals surface area contributed by atoms with Crippen LogP contribution in [0.2, 0.25) is 0 Å². The van der Waals surface area contributed by atoms with Crippen molar-refractivity contribution >= 4 is 0 Å². The highest BCUT2D eigenvalue weighted by molar-refractivity contribution is 5.16. The van der Waals surface area contributed by atoms with Gasteiger partial charge in [-0.15, -0.1) is 0 Å². The minimum Gasteiger partial charge on any atom is -0.349 e. The van der Waals surface area contributed by atoms with E-state index in [1.807, 2.05) is 26.0 Å². The van der Waals surface area contributed by atoms with Crippen LogP contribution in [-0.4, -0.2) is 31.6 Å². The van der Waals surface area contributed by atoms with Gasteiger partial charge in [0.1, 0.15) is 5.82 Å². The van der Waals surface area contributed by atoms with Crippen LogP contribution in [0.4, 0.5) is 4.39 Å². The fourth-order valence-electron chi connectivity index (χ4n) is 1.88. The van der Waals surface area contributed by atoms with Crippen LogP contribution in [0.25, 0.3) is 0 Å². The molecule has 0 amide bonds. The van der Waals surface area contributed by atoms with Gasteiger partial charge in [0.25, 0.3) is 0 Å². The minimum absolute atomic E-state index is 0.192. The molecule has 18 heavy (non-hydrogen) atoms. The van der Waals surface area contributed by atoms with Gasteiger partial charge >= 0.3 is 0 Å². The van der Waals surface area contributed by atoms with Gasteiger partial charge in [-0.05, 0) is 44.5 Å². The first kappa shape index (κ1) is 13.5. The molecule has 1 aromatic carbocycles. The summed E-state index contributed by atoms with van der Waals surface area (Å²) in [5.41, 5.74) is 1.13. The lowest BCUT2D eigenvalue weighted by molar-refractivity contribution is -0.252. The first-order chi connectivity index (χ1) is 8.55. The maximum atomic E-state index is 12.7. The molecule has 1 aliphatic heterocycles. The van der Waals surface area contributed by atoms with Crippen LogP contribution in [0.5, 0.6) is 0 Å². The molecule has 1 heterocycles. The van der Waals surface area contributed by atoms with Gasteiger partial charge in [0.15, 0.2) is 5.79 Å². The Balaban J connectivity index is 1.68. The summed E-state index contributed by atoms with van der Waals surface area (Å²) in [5.74, 6) is -0.655. The molecular weight excluding hydrogens is 233 g/mol. The Hall–Kier alpha value is -0.970. The lowest BCUT2D eigenvalue weighted by Gasteiger charge is -2.35. The number of nitrogens with one attached hydrogen (secondary N) is 1. The summed E-state index contributed by atoms with van der Waals surface area (Å²) in [4.78, 5) is 0. The number of ether oxygens (including phenoxy) is 2. The lowest BCUT2D eigenvalue weighted by atomic mass is 10.1. The van der Waals surface area contributed by atoms with Crippen molar-refractivity contribution in [1.29, 1.82) is 0 Å². The van der Waals surface area contributed by atoms with Gasteiger partial charge in [0, 0.05) is 0 Å². The molecule has 0 bridgehead atoms.